The summed E-state index contributed by atoms with van der Waals surface area (Å²) in [5.41, 5.74) is 7.61. The summed E-state index contributed by atoms with van der Waals surface area (Å²) < 4.78 is 15.3. The Morgan fingerprint density at radius 3 is 3.11 bits per heavy atom. The Hall–Kier alpha value is -1.62. The standard InChI is InChI=1S/C14H19FN4/c1-2-18-7-3-4-11(9-18)19-13-6-5-10(15)8-12(13)17-14(19)16/h5-6,8,11H,2-4,7,9H2,1H3,(H2,16,17). The summed E-state index contributed by atoms with van der Waals surface area (Å²) in [4.78, 5) is 6.70. The van der Waals surface area contributed by atoms with Crippen LogP contribution in [0.3, 0.4) is 0 Å². The number of nitrogens with zero attached hydrogens (tertiary/aromatic N) is 3. The zero-order valence-electron chi connectivity index (χ0n) is 11.1. The molecule has 1 aromatic heterocycles. The van der Waals surface area contributed by atoms with Crippen LogP contribution in [0.15, 0.2) is 18.2 Å². The Balaban J connectivity index is 2.02. The number of imidazole rings is 1. The fourth-order valence-corrected chi connectivity index (χ4v) is 3.00. The molecule has 1 unspecified atom stereocenters. The van der Waals surface area contributed by atoms with Crippen molar-refractivity contribution in [2.75, 3.05) is 25.4 Å². The van der Waals surface area contributed by atoms with Gasteiger partial charge in [0.15, 0.2) is 0 Å². The third-order valence-corrected chi connectivity index (χ3v) is 3.97. The zero-order valence-corrected chi connectivity index (χ0v) is 11.1. The highest BCUT2D eigenvalue weighted by molar-refractivity contribution is 5.78. The van der Waals surface area contributed by atoms with Crippen LogP contribution >= 0.6 is 0 Å². The van der Waals surface area contributed by atoms with Crippen molar-refractivity contribution in [2.24, 2.45) is 0 Å². The lowest BCUT2D eigenvalue weighted by molar-refractivity contribution is 0.188. The maximum Gasteiger partial charge on any atom is 0.201 e. The number of nitrogen functional groups attached to an aromatic ring is 1. The van der Waals surface area contributed by atoms with E-state index in [2.05, 4.69) is 21.4 Å². The number of fused-ring (bicyclic) bond motifs is 1. The van der Waals surface area contributed by atoms with Gasteiger partial charge in [0, 0.05) is 18.7 Å². The van der Waals surface area contributed by atoms with E-state index < -0.39 is 0 Å². The number of piperidine rings is 1. The Bertz CT molecular complexity index is 592. The van der Waals surface area contributed by atoms with Gasteiger partial charge in [-0.25, -0.2) is 9.37 Å². The maximum atomic E-state index is 13.2. The molecule has 0 spiro atoms. The number of halogens is 1. The average Bonchev–Trinajstić information content (AvgIpc) is 2.73. The van der Waals surface area contributed by atoms with Crippen LogP contribution in [-0.2, 0) is 0 Å². The minimum absolute atomic E-state index is 0.268. The van der Waals surface area contributed by atoms with E-state index in [1.807, 2.05) is 0 Å². The predicted octanol–water partition coefficient (Wildman–Crippen LogP) is 2.41. The molecule has 2 heterocycles. The van der Waals surface area contributed by atoms with E-state index in [9.17, 15) is 4.39 Å². The summed E-state index contributed by atoms with van der Waals surface area (Å²) in [6.07, 6.45) is 2.27. The lowest BCUT2D eigenvalue weighted by Crippen LogP contribution is -2.36. The second-order valence-electron chi connectivity index (χ2n) is 5.16. The van der Waals surface area contributed by atoms with E-state index in [4.69, 9.17) is 5.73 Å². The van der Waals surface area contributed by atoms with E-state index in [-0.39, 0.29) is 5.82 Å². The van der Waals surface area contributed by atoms with E-state index in [0.29, 0.717) is 17.5 Å². The normalized spacial score (nSPS) is 21.1. The first-order valence-electron chi connectivity index (χ1n) is 6.84. The van der Waals surface area contributed by atoms with E-state index in [0.717, 1.165) is 31.6 Å². The number of anilines is 1. The van der Waals surface area contributed by atoms with Gasteiger partial charge in [0.25, 0.3) is 0 Å². The van der Waals surface area contributed by atoms with Crippen LogP contribution in [-0.4, -0.2) is 34.1 Å². The first-order valence-corrected chi connectivity index (χ1v) is 6.84. The van der Waals surface area contributed by atoms with Gasteiger partial charge in [-0.2, -0.15) is 0 Å². The third kappa shape index (κ3) is 2.18. The number of rotatable bonds is 2. The highest BCUT2D eigenvalue weighted by Crippen LogP contribution is 2.29. The first kappa shape index (κ1) is 12.4. The maximum absolute atomic E-state index is 13.2. The molecule has 19 heavy (non-hydrogen) atoms. The van der Waals surface area contributed by atoms with Crippen molar-refractivity contribution in [1.82, 2.24) is 14.5 Å². The summed E-state index contributed by atoms with van der Waals surface area (Å²) in [5, 5.41) is 0. The Kier molecular flexibility index (Phi) is 3.14. The van der Waals surface area contributed by atoms with E-state index >= 15 is 0 Å². The summed E-state index contributed by atoms with van der Waals surface area (Å²) in [6, 6.07) is 5.03. The summed E-state index contributed by atoms with van der Waals surface area (Å²) in [5.74, 6) is 0.222. The van der Waals surface area contributed by atoms with Crippen molar-refractivity contribution in [3.05, 3.63) is 24.0 Å². The van der Waals surface area contributed by atoms with Crippen molar-refractivity contribution in [3.63, 3.8) is 0 Å². The molecular weight excluding hydrogens is 243 g/mol. The minimum Gasteiger partial charge on any atom is -0.369 e. The predicted molar refractivity (Wildman–Crippen MR) is 74.5 cm³/mol. The molecule has 2 aromatic rings. The van der Waals surface area contributed by atoms with Crippen LogP contribution in [0, 0.1) is 5.82 Å². The van der Waals surface area contributed by atoms with Gasteiger partial charge in [-0.15, -0.1) is 0 Å². The summed E-state index contributed by atoms with van der Waals surface area (Å²) in [7, 11) is 0. The third-order valence-electron chi connectivity index (χ3n) is 3.97. The van der Waals surface area contributed by atoms with Gasteiger partial charge in [0.2, 0.25) is 5.95 Å². The number of likely N-dealkylation sites (N-methyl/N-ethyl adjacent to an activating group) is 1. The first-order chi connectivity index (χ1) is 9.19. The quantitative estimate of drug-likeness (QED) is 0.904. The molecular formula is C14H19FN4. The van der Waals surface area contributed by atoms with Crippen LogP contribution in [0.2, 0.25) is 0 Å². The highest BCUT2D eigenvalue weighted by Gasteiger charge is 2.23. The molecule has 1 aliphatic rings. The molecule has 1 saturated heterocycles. The second-order valence-corrected chi connectivity index (χ2v) is 5.16. The topological polar surface area (TPSA) is 47.1 Å². The molecule has 0 saturated carbocycles. The van der Waals surface area contributed by atoms with Gasteiger partial charge in [0.1, 0.15) is 5.82 Å². The molecule has 0 radical (unpaired) electrons. The van der Waals surface area contributed by atoms with Crippen molar-refractivity contribution >= 4 is 17.0 Å². The molecule has 1 aliphatic heterocycles. The summed E-state index contributed by atoms with van der Waals surface area (Å²) >= 11 is 0. The van der Waals surface area contributed by atoms with E-state index in [1.54, 1.807) is 6.07 Å². The lowest BCUT2D eigenvalue weighted by atomic mass is 10.1. The van der Waals surface area contributed by atoms with Crippen LogP contribution in [0.4, 0.5) is 10.3 Å². The Morgan fingerprint density at radius 1 is 1.47 bits per heavy atom. The van der Waals surface area contributed by atoms with Crippen LogP contribution in [0.25, 0.3) is 11.0 Å². The molecule has 1 fully saturated rings. The molecule has 1 atom stereocenters. The molecule has 1 aromatic carbocycles. The number of nitrogens with two attached hydrogens (primary N) is 1. The van der Waals surface area contributed by atoms with Crippen LogP contribution in [0.5, 0.6) is 0 Å². The lowest BCUT2D eigenvalue weighted by Gasteiger charge is -2.33. The molecule has 0 amide bonds. The van der Waals surface area contributed by atoms with Gasteiger partial charge in [-0.05, 0) is 38.1 Å². The van der Waals surface area contributed by atoms with Crippen molar-refractivity contribution < 1.29 is 4.39 Å². The van der Waals surface area contributed by atoms with Gasteiger partial charge < -0.3 is 15.2 Å². The zero-order chi connectivity index (χ0) is 13.4. The summed E-state index contributed by atoms with van der Waals surface area (Å²) in [6.45, 7) is 5.36. The highest BCUT2D eigenvalue weighted by atomic mass is 19.1. The van der Waals surface area contributed by atoms with E-state index in [1.165, 1.54) is 18.6 Å². The Morgan fingerprint density at radius 2 is 2.32 bits per heavy atom. The molecule has 0 aliphatic carbocycles. The minimum atomic E-state index is -0.268. The number of likely N-dealkylation sites (tertiary alicyclic amines) is 1. The van der Waals surface area contributed by atoms with Crippen molar-refractivity contribution in [1.29, 1.82) is 0 Å². The fourth-order valence-electron chi connectivity index (χ4n) is 3.00. The number of hydrogen-bond donors (Lipinski definition) is 1. The van der Waals surface area contributed by atoms with Crippen LogP contribution in [0.1, 0.15) is 25.8 Å². The van der Waals surface area contributed by atoms with Gasteiger partial charge in [0.05, 0.1) is 11.0 Å². The average molecular weight is 262 g/mol. The second kappa shape index (κ2) is 4.81. The molecule has 0 bridgehead atoms. The smallest absolute Gasteiger partial charge is 0.201 e. The Labute approximate surface area is 112 Å². The molecule has 3 rings (SSSR count). The van der Waals surface area contributed by atoms with Gasteiger partial charge >= 0.3 is 0 Å². The number of benzene rings is 1. The van der Waals surface area contributed by atoms with Crippen molar-refractivity contribution in [3.8, 4) is 0 Å². The SMILES string of the molecule is CCN1CCCC(n2c(N)nc3cc(F)ccc32)C1. The van der Waals surface area contributed by atoms with Gasteiger partial charge in [-0.1, -0.05) is 6.92 Å². The molecule has 5 heteroatoms. The molecule has 2 N–H and O–H groups in total. The number of hydrogen-bond acceptors (Lipinski definition) is 3. The monoisotopic (exact) mass is 262 g/mol. The largest absolute Gasteiger partial charge is 0.369 e. The van der Waals surface area contributed by atoms with Crippen molar-refractivity contribution in [2.45, 2.75) is 25.8 Å². The van der Waals surface area contributed by atoms with Gasteiger partial charge in [-0.3, -0.25) is 0 Å². The molecule has 4 nitrogen and oxygen atoms in total. The fraction of sp³-hybridized carbons (Fsp3) is 0.500. The number of aromatic nitrogens is 2. The molecule has 102 valence electrons. The van der Waals surface area contributed by atoms with Crippen LogP contribution < -0.4 is 5.73 Å².